The Morgan fingerprint density at radius 2 is 1.00 bits per heavy atom. The Hall–Kier alpha value is -1.13. The molecule has 0 bridgehead atoms. The quantitative estimate of drug-likeness (QED) is 0.711. The first kappa shape index (κ1) is 13.3. The SMILES string of the molecule is CC(C)(C)[P+](C)(c1ccccc1)c1ccccc1. The molecule has 2 aromatic rings. The molecule has 0 fully saturated rings. The number of benzene rings is 2. The van der Waals surface area contributed by atoms with E-state index in [4.69, 9.17) is 0 Å². The maximum Gasteiger partial charge on any atom is 0.0994 e. The van der Waals surface area contributed by atoms with Gasteiger partial charge in [-0.3, -0.25) is 0 Å². The van der Waals surface area contributed by atoms with E-state index in [-0.39, 0.29) is 5.16 Å². The Bertz CT molecular complexity index is 455. The van der Waals surface area contributed by atoms with Crippen molar-refractivity contribution in [2.75, 3.05) is 6.66 Å². The zero-order valence-electron chi connectivity index (χ0n) is 11.7. The molecule has 0 spiro atoms. The fourth-order valence-corrected chi connectivity index (χ4v) is 5.76. The molecule has 0 N–H and O–H groups in total. The number of hydrogen-bond acceptors (Lipinski definition) is 0. The van der Waals surface area contributed by atoms with Gasteiger partial charge in [-0.25, -0.2) is 0 Å². The molecule has 0 nitrogen and oxygen atoms in total. The van der Waals surface area contributed by atoms with Crippen LogP contribution in [0, 0.1) is 0 Å². The van der Waals surface area contributed by atoms with Gasteiger partial charge in [-0.1, -0.05) is 36.4 Å². The molecular weight excluding hydrogens is 235 g/mol. The van der Waals surface area contributed by atoms with Crippen LogP contribution in [0.3, 0.4) is 0 Å². The van der Waals surface area contributed by atoms with Crippen molar-refractivity contribution in [3.8, 4) is 0 Å². The normalized spacial score (nSPS) is 12.4. The molecule has 0 radical (unpaired) electrons. The number of rotatable bonds is 2. The molecule has 0 aliphatic carbocycles. The van der Waals surface area contributed by atoms with Crippen LogP contribution in [0.1, 0.15) is 20.8 Å². The Morgan fingerprint density at radius 3 is 1.28 bits per heavy atom. The van der Waals surface area contributed by atoms with E-state index in [0.29, 0.717) is 0 Å². The predicted molar refractivity (Wildman–Crippen MR) is 84.7 cm³/mol. The van der Waals surface area contributed by atoms with Crippen LogP contribution in [0.2, 0.25) is 0 Å². The summed E-state index contributed by atoms with van der Waals surface area (Å²) in [6.45, 7) is 9.54. The smallest absolute Gasteiger partial charge is 0.0620 e. The lowest BCUT2D eigenvalue weighted by molar-refractivity contribution is 0.784. The maximum absolute atomic E-state index is 2.46. The van der Waals surface area contributed by atoms with E-state index < -0.39 is 7.26 Å². The van der Waals surface area contributed by atoms with Gasteiger partial charge in [0.25, 0.3) is 0 Å². The van der Waals surface area contributed by atoms with Crippen molar-refractivity contribution in [1.29, 1.82) is 0 Å². The summed E-state index contributed by atoms with van der Waals surface area (Å²) in [4.78, 5) is 0. The molecule has 0 saturated carbocycles. The van der Waals surface area contributed by atoms with Gasteiger partial charge in [0.15, 0.2) is 0 Å². The fourth-order valence-electron chi connectivity index (χ4n) is 2.38. The highest BCUT2D eigenvalue weighted by Crippen LogP contribution is 2.63. The minimum Gasteiger partial charge on any atom is -0.0620 e. The van der Waals surface area contributed by atoms with E-state index in [1.54, 1.807) is 0 Å². The Kier molecular flexibility index (Phi) is 3.59. The summed E-state index contributed by atoms with van der Waals surface area (Å²) in [5.41, 5.74) is 0. The summed E-state index contributed by atoms with van der Waals surface area (Å²) in [7, 11) is -1.36. The van der Waals surface area contributed by atoms with E-state index in [2.05, 4.69) is 88.1 Å². The first-order valence-corrected chi connectivity index (χ1v) is 8.68. The first-order valence-electron chi connectivity index (χ1n) is 6.44. The van der Waals surface area contributed by atoms with Gasteiger partial charge in [0, 0.05) is 0 Å². The Labute approximate surface area is 111 Å². The third-order valence-corrected chi connectivity index (χ3v) is 9.23. The maximum atomic E-state index is 2.46. The minimum atomic E-state index is -1.36. The van der Waals surface area contributed by atoms with E-state index >= 15 is 0 Å². The van der Waals surface area contributed by atoms with Gasteiger partial charge in [0.2, 0.25) is 0 Å². The van der Waals surface area contributed by atoms with Crippen molar-refractivity contribution >= 4 is 17.9 Å². The molecule has 94 valence electrons. The third kappa shape index (κ3) is 2.22. The molecule has 2 aromatic carbocycles. The standard InChI is InChI=1S/C17H22P/c1-17(2,3)18(4,15-11-7-5-8-12-15)16-13-9-6-10-14-16/h5-14H,1-4H3/q+1. The minimum absolute atomic E-state index is 0.274. The molecule has 0 unspecified atom stereocenters. The van der Waals surface area contributed by atoms with Crippen molar-refractivity contribution in [1.82, 2.24) is 0 Å². The summed E-state index contributed by atoms with van der Waals surface area (Å²) < 4.78 is 0. The molecule has 18 heavy (non-hydrogen) atoms. The van der Waals surface area contributed by atoms with Gasteiger partial charge in [0.05, 0.1) is 29.7 Å². The average molecular weight is 257 g/mol. The average Bonchev–Trinajstić information content (AvgIpc) is 2.38. The van der Waals surface area contributed by atoms with E-state index in [1.165, 1.54) is 10.6 Å². The zero-order chi connectivity index (χ0) is 13.2. The first-order chi connectivity index (χ1) is 8.46. The second-order valence-electron chi connectivity index (χ2n) is 5.85. The zero-order valence-corrected chi connectivity index (χ0v) is 12.6. The Morgan fingerprint density at radius 1 is 0.667 bits per heavy atom. The molecule has 0 saturated heterocycles. The van der Waals surface area contributed by atoms with Gasteiger partial charge in [-0.15, -0.1) is 0 Å². The fraction of sp³-hybridized carbons (Fsp3) is 0.294. The molecule has 0 aliphatic heterocycles. The van der Waals surface area contributed by atoms with Crippen LogP contribution in [0.25, 0.3) is 0 Å². The lowest BCUT2D eigenvalue weighted by atomic mass is 10.2. The second-order valence-corrected chi connectivity index (χ2v) is 10.2. The lowest BCUT2D eigenvalue weighted by Crippen LogP contribution is -2.35. The summed E-state index contributed by atoms with van der Waals surface area (Å²) in [5, 5.41) is 3.25. The van der Waals surface area contributed by atoms with Crippen molar-refractivity contribution in [3.63, 3.8) is 0 Å². The molecule has 0 aliphatic rings. The van der Waals surface area contributed by atoms with Gasteiger partial charge < -0.3 is 0 Å². The van der Waals surface area contributed by atoms with Gasteiger partial charge in [-0.05, 0) is 45.0 Å². The summed E-state index contributed by atoms with van der Waals surface area (Å²) >= 11 is 0. The van der Waals surface area contributed by atoms with Crippen LogP contribution < -0.4 is 10.6 Å². The Balaban J connectivity index is 2.63. The van der Waals surface area contributed by atoms with Crippen molar-refractivity contribution < 1.29 is 0 Å². The largest absolute Gasteiger partial charge is 0.0994 e. The van der Waals surface area contributed by atoms with Crippen LogP contribution in [0.5, 0.6) is 0 Å². The van der Waals surface area contributed by atoms with Crippen LogP contribution in [-0.4, -0.2) is 11.8 Å². The van der Waals surface area contributed by atoms with E-state index in [9.17, 15) is 0 Å². The monoisotopic (exact) mass is 257 g/mol. The third-order valence-electron chi connectivity index (χ3n) is 3.89. The summed E-state index contributed by atoms with van der Waals surface area (Å²) in [6.07, 6.45) is 0. The highest BCUT2D eigenvalue weighted by molar-refractivity contribution is 7.90. The van der Waals surface area contributed by atoms with Crippen molar-refractivity contribution in [2.24, 2.45) is 0 Å². The molecule has 0 atom stereocenters. The van der Waals surface area contributed by atoms with Crippen LogP contribution in [0.15, 0.2) is 60.7 Å². The van der Waals surface area contributed by atoms with Gasteiger partial charge in [0.1, 0.15) is 0 Å². The van der Waals surface area contributed by atoms with Crippen molar-refractivity contribution in [3.05, 3.63) is 60.7 Å². The van der Waals surface area contributed by atoms with Gasteiger partial charge in [-0.2, -0.15) is 0 Å². The van der Waals surface area contributed by atoms with Crippen molar-refractivity contribution in [2.45, 2.75) is 25.9 Å². The molecule has 2 rings (SSSR count). The molecule has 0 aromatic heterocycles. The lowest BCUT2D eigenvalue weighted by Gasteiger charge is -2.35. The highest BCUT2D eigenvalue weighted by Gasteiger charge is 2.48. The van der Waals surface area contributed by atoms with Crippen LogP contribution in [0.4, 0.5) is 0 Å². The van der Waals surface area contributed by atoms with E-state index in [0.717, 1.165) is 0 Å². The topological polar surface area (TPSA) is 0 Å². The molecule has 1 heteroatoms. The summed E-state index contributed by atoms with van der Waals surface area (Å²) in [6, 6.07) is 22.0. The van der Waals surface area contributed by atoms with Gasteiger partial charge >= 0.3 is 0 Å². The predicted octanol–water partition coefficient (Wildman–Crippen LogP) is 4.08. The molecule has 0 heterocycles. The second kappa shape index (κ2) is 4.86. The molecule has 0 amide bonds. The van der Waals surface area contributed by atoms with Crippen LogP contribution in [-0.2, 0) is 0 Å². The highest BCUT2D eigenvalue weighted by atomic mass is 31.2. The molecular formula is C17H22P+. The summed E-state index contributed by atoms with van der Waals surface area (Å²) in [5.74, 6) is 0. The number of hydrogen-bond donors (Lipinski definition) is 0. The van der Waals surface area contributed by atoms with E-state index in [1.807, 2.05) is 0 Å². The van der Waals surface area contributed by atoms with Crippen LogP contribution >= 0.6 is 7.26 Å².